The summed E-state index contributed by atoms with van der Waals surface area (Å²) in [6, 6.07) is -0.523. The van der Waals surface area contributed by atoms with E-state index in [-0.39, 0.29) is 17.2 Å². The first kappa shape index (κ1) is 22.3. The van der Waals surface area contributed by atoms with Crippen molar-refractivity contribution < 1.29 is 14.1 Å². The molecule has 2 heterocycles. The normalized spacial score (nSPS) is 17.9. The van der Waals surface area contributed by atoms with E-state index in [1.807, 2.05) is 46.4 Å². The zero-order valence-corrected chi connectivity index (χ0v) is 18.3. The maximum atomic E-state index is 12.7. The third kappa shape index (κ3) is 6.02. The van der Waals surface area contributed by atoms with Crippen molar-refractivity contribution in [3.05, 3.63) is 11.7 Å². The van der Waals surface area contributed by atoms with Crippen LogP contribution in [0.25, 0.3) is 0 Å². The Balaban J connectivity index is 1.89. The van der Waals surface area contributed by atoms with Gasteiger partial charge in [-0.05, 0) is 13.3 Å². The summed E-state index contributed by atoms with van der Waals surface area (Å²) in [7, 11) is 0. The first-order valence-corrected chi connectivity index (χ1v) is 10.0. The fourth-order valence-electron chi connectivity index (χ4n) is 2.92. The van der Waals surface area contributed by atoms with Gasteiger partial charge in [-0.1, -0.05) is 46.7 Å². The average molecular weight is 394 g/mol. The van der Waals surface area contributed by atoms with Gasteiger partial charge >= 0.3 is 0 Å². The molecule has 0 aliphatic carbocycles. The van der Waals surface area contributed by atoms with Crippen molar-refractivity contribution in [2.45, 2.75) is 72.9 Å². The van der Waals surface area contributed by atoms with Crippen LogP contribution >= 0.6 is 0 Å². The number of hydrogen-bond acceptors (Lipinski definition) is 6. The number of aromatic nitrogens is 2. The predicted octanol–water partition coefficient (Wildman–Crippen LogP) is 1.95. The van der Waals surface area contributed by atoms with Gasteiger partial charge in [0.15, 0.2) is 5.82 Å². The van der Waals surface area contributed by atoms with Crippen LogP contribution in [0.2, 0.25) is 0 Å². The van der Waals surface area contributed by atoms with E-state index in [1.165, 1.54) is 0 Å². The topological polar surface area (TPSA) is 91.6 Å². The van der Waals surface area contributed by atoms with Crippen molar-refractivity contribution >= 4 is 11.8 Å². The van der Waals surface area contributed by atoms with E-state index in [0.717, 1.165) is 19.5 Å². The molecule has 0 spiro atoms. The minimum absolute atomic E-state index is 0.0333. The third-order valence-corrected chi connectivity index (χ3v) is 4.77. The fraction of sp³-hybridized carbons (Fsp3) is 0.800. The first-order chi connectivity index (χ1) is 12.9. The van der Waals surface area contributed by atoms with Gasteiger partial charge in [-0.2, -0.15) is 4.98 Å². The standard InChI is InChI=1S/C20H35N5O3/c1-14(21-17(27)19(2,3)4)16(26)25-10-8-9-24(11-12-25)13-15-22-18(28-23-15)20(5,6)7/h14H,8-13H2,1-7H3,(H,21,27). The van der Waals surface area contributed by atoms with Crippen LogP contribution in [0, 0.1) is 5.41 Å². The van der Waals surface area contributed by atoms with Gasteiger partial charge in [0, 0.05) is 37.0 Å². The fourth-order valence-corrected chi connectivity index (χ4v) is 2.92. The van der Waals surface area contributed by atoms with Gasteiger partial charge in [-0.25, -0.2) is 0 Å². The van der Waals surface area contributed by atoms with Crippen LogP contribution < -0.4 is 5.32 Å². The Hall–Kier alpha value is -1.96. The number of carbonyl (C=O) groups excluding carboxylic acids is 2. The molecular weight excluding hydrogens is 358 g/mol. The van der Waals surface area contributed by atoms with Crippen molar-refractivity contribution in [1.29, 1.82) is 0 Å². The van der Waals surface area contributed by atoms with Crippen LogP contribution in [0.5, 0.6) is 0 Å². The van der Waals surface area contributed by atoms with Gasteiger partial charge in [0.05, 0.1) is 6.54 Å². The molecule has 0 radical (unpaired) electrons. The third-order valence-electron chi connectivity index (χ3n) is 4.77. The minimum atomic E-state index is -0.523. The molecule has 1 atom stereocenters. The van der Waals surface area contributed by atoms with E-state index in [4.69, 9.17) is 4.52 Å². The van der Waals surface area contributed by atoms with E-state index in [9.17, 15) is 9.59 Å². The molecule has 0 saturated carbocycles. The monoisotopic (exact) mass is 393 g/mol. The Bertz CT molecular complexity index is 687. The maximum absolute atomic E-state index is 12.7. The highest BCUT2D eigenvalue weighted by molar-refractivity contribution is 5.89. The molecule has 0 aromatic carbocycles. The smallest absolute Gasteiger partial charge is 0.244 e. The molecule has 1 aromatic heterocycles. The second-order valence-corrected chi connectivity index (χ2v) is 9.67. The zero-order chi connectivity index (χ0) is 21.1. The van der Waals surface area contributed by atoms with E-state index < -0.39 is 11.5 Å². The van der Waals surface area contributed by atoms with Gasteiger partial charge in [0.25, 0.3) is 0 Å². The van der Waals surface area contributed by atoms with Gasteiger partial charge < -0.3 is 14.7 Å². The number of nitrogens with one attached hydrogen (secondary N) is 1. The second-order valence-electron chi connectivity index (χ2n) is 9.67. The van der Waals surface area contributed by atoms with Crippen molar-refractivity contribution in [1.82, 2.24) is 25.3 Å². The molecule has 1 N–H and O–H groups in total. The second kappa shape index (κ2) is 8.59. The number of carbonyl (C=O) groups is 2. The predicted molar refractivity (Wildman–Crippen MR) is 107 cm³/mol. The summed E-state index contributed by atoms with van der Waals surface area (Å²) in [4.78, 5) is 33.5. The van der Waals surface area contributed by atoms with Gasteiger partial charge in [-0.15, -0.1) is 0 Å². The molecular formula is C20H35N5O3. The number of nitrogens with zero attached hydrogens (tertiary/aromatic N) is 4. The van der Waals surface area contributed by atoms with Crippen LogP contribution in [-0.2, 0) is 21.5 Å². The summed E-state index contributed by atoms with van der Waals surface area (Å²) in [6.07, 6.45) is 0.871. The Kier molecular flexibility index (Phi) is 6.85. The summed E-state index contributed by atoms with van der Waals surface area (Å²) in [5.41, 5.74) is -0.679. The van der Waals surface area contributed by atoms with E-state index >= 15 is 0 Å². The average Bonchev–Trinajstić information content (AvgIpc) is 2.92. The SMILES string of the molecule is CC(NC(=O)C(C)(C)C)C(=O)N1CCCN(Cc2noc(C(C)(C)C)n2)CC1. The highest BCUT2D eigenvalue weighted by atomic mass is 16.5. The molecule has 8 heteroatoms. The van der Waals surface area contributed by atoms with E-state index in [2.05, 4.69) is 20.4 Å². The Labute approximate surface area is 168 Å². The molecule has 158 valence electrons. The molecule has 2 amide bonds. The zero-order valence-electron chi connectivity index (χ0n) is 18.3. The highest BCUT2D eigenvalue weighted by Gasteiger charge is 2.29. The van der Waals surface area contributed by atoms with Crippen molar-refractivity contribution in [2.75, 3.05) is 26.2 Å². The first-order valence-electron chi connectivity index (χ1n) is 10.0. The summed E-state index contributed by atoms with van der Waals surface area (Å²) < 4.78 is 5.36. The van der Waals surface area contributed by atoms with Crippen LogP contribution in [-0.4, -0.2) is 64.0 Å². The Morgan fingerprint density at radius 1 is 1.11 bits per heavy atom. The summed E-state index contributed by atoms with van der Waals surface area (Å²) in [5, 5.41) is 6.92. The Morgan fingerprint density at radius 3 is 2.36 bits per heavy atom. The number of hydrogen-bond donors (Lipinski definition) is 1. The van der Waals surface area contributed by atoms with Crippen molar-refractivity contribution in [2.24, 2.45) is 5.41 Å². The molecule has 1 aliphatic rings. The molecule has 1 saturated heterocycles. The molecule has 8 nitrogen and oxygen atoms in total. The largest absolute Gasteiger partial charge is 0.344 e. The van der Waals surface area contributed by atoms with Crippen molar-refractivity contribution in [3.63, 3.8) is 0 Å². The quantitative estimate of drug-likeness (QED) is 0.841. The lowest BCUT2D eigenvalue weighted by molar-refractivity contribution is -0.138. The molecule has 0 bridgehead atoms. The molecule has 1 unspecified atom stereocenters. The van der Waals surface area contributed by atoms with E-state index in [0.29, 0.717) is 31.3 Å². The summed E-state index contributed by atoms with van der Waals surface area (Å²) in [5.74, 6) is 1.17. The van der Waals surface area contributed by atoms with Crippen LogP contribution in [0.1, 0.15) is 66.6 Å². The number of rotatable bonds is 4. The highest BCUT2D eigenvalue weighted by Crippen LogP contribution is 2.20. The molecule has 2 rings (SSSR count). The van der Waals surface area contributed by atoms with Crippen LogP contribution in [0.4, 0.5) is 0 Å². The van der Waals surface area contributed by atoms with Gasteiger partial charge in [-0.3, -0.25) is 14.5 Å². The van der Waals surface area contributed by atoms with E-state index in [1.54, 1.807) is 6.92 Å². The van der Waals surface area contributed by atoms with Gasteiger partial charge in [0.2, 0.25) is 17.7 Å². The Morgan fingerprint density at radius 2 is 1.79 bits per heavy atom. The summed E-state index contributed by atoms with van der Waals surface area (Å²) in [6.45, 7) is 16.9. The van der Waals surface area contributed by atoms with Gasteiger partial charge in [0.1, 0.15) is 6.04 Å². The van der Waals surface area contributed by atoms with Crippen LogP contribution in [0.3, 0.4) is 0 Å². The molecule has 1 aromatic rings. The molecule has 1 aliphatic heterocycles. The summed E-state index contributed by atoms with van der Waals surface area (Å²) >= 11 is 0. The van der Waals surface area contributed by atoms with Crippen molar-refractivity contribution in [3.8, 4) is 0 Å². The number of amides is 2. The minimum Gasteiger partial charge on any atom is -0.344 e. The molecule has 1 fully saturated rings. The van der Waals surface area contributed by atoms with Crippen LogP contribution in [0.15, 0.2) is 4.52 Å². The lowest BCUT2D eigenvalue weighted by Crippen LogP contribution is -2.50. The maximum Gasteiger partial charge on any atom is 0.244 e. The molecule has 28 heavy (non-hydrogen) atoms. The lowest BCUT2D eigenvalue weighted by Gasteiger charge is -2.27. The lowest BCUT2D eigenvalue weighted by atomic mass is 9.95.